The number of aliphatic hydroxyl groups is 1. The van der Waals surface area contributed by atoms with Crippen molar-refractivity contribution in [2.75, 3.05) is 0 Å². The van der Waals surface area contributed by atoms with Crippen LogP contribution >= 0.6 is 15.9 Å². The van der Waals surface area contributed by atoms with Gasteiger partial charge in [0.2, 0.25) is 0 Å². The van der Waals surface area contributed by atoms with Crippen LogP contribution in [0.4, 0.5) is 8.78 Å². The molecule has 0 saturated heterocycles. The van der Waals surface area contributed by atoms with Crippen molar-refractivity contribution in [2.45, 2.75) is 6.61 Å². The summed E-state index contributed by atoms with van der Waals surface area (Å²) in [5.74, 6) is -1.84. The number of nitrogens with zero attached hydrogens (tertiary/aromatic N) is 2. The van der Waals surface area contributed by atoms with E-state index in [0.717, 1.165) is 10.6 Å². The lowest BCUT2D eigenvalue weighted by Crippen LogP contribution is -2.19. The molecule has 0 aromatic carbocycles. The molecule has 0 aliphatic heterocycles. The van der Waals surface area contributed by atoms with E-state index in [4.69, 9.17) is 5.11 Å². The smallest absolute Gasteiger partial charge is 0.272 e. The van der Waals surface area contributed by atoms with E-state index in [1.165, 1.54) is 0 Å². The first kappa shape index (κ1) is 11.2. The number of aliphatic hydroxyl groups excluding tert-OH is 1. The van der Waals surface area contributed by atoms with E-state index in [1.807, 2.05) is 0 Å². The maximum atomic E-state index is 13.3. The van der Waals surface area contributed by atoms with Gasteiger partial charge in [-0.25, -0.2) is 13.8 Å². The summed E-state index contributed by atoms with van der Waals surface area (Å²) in [6.07, 6.45) is 0.833. The lowest BCUT2D eigenvalue weighted by atomic mass is 10.3. The first-order valence-electron chi connectivity index (χ1n) is 4.21. The molecule has 7 heteroatoms. The van der Waals surface area contributed by atoms with Crippen molar-refractivity contribution >= 4 is 21.6 Å². The van der Waals surface area contributed by atoms with Crippen molar-refractivity contribution in [3.63, 3.8) is 0 Å². The van der Waals surface area contributed by atoms with Gasteiger partial charge in [0.25, 0.3) is 5.56 Å². The highest BCUT2D eigenvalue weighted by atomic mass is 79.9. The van der Waals surface area contributed by atoms with Crippen LogP contribution in [0.15, 0.2) is 21.5 Å². The van der Waals surface area contributed by atoms with Crippen molar-refractivity contribution in [3.8, 4) is 0 Å². The maximum Gasteiger partial charge on any atom is 0.272 e. The largest absolute Gasteiger partial charge is 0.390 e. The van der Waals surface area contributed by atoms with Crippen LogP contribution in [0, 0.1) is 11.6 Å². The lowest BCUT2D eigenvalue weighted by molar-refractivity contribution is 0.275. The van der Waals surface area contributed by atoms with Gasteiger partial charge >= 0.3 is 0 Å². The molecule has 0 fully saturated rings. The molecular formula is C9H5BrF2N2O2. The topological polar surface area (TPSA) is 54.6 Å². The molecule has 0 aliphatic carbocycles. The predicted octanol–water partition coefficient (Wildman–Crippen LogP) is 1.23. The van der Waals surface area contributed by atoms with Crippen LogP contribution in [0.25, 0.3) is 5.65 Å². The molecule has 0 aliphatic rings. The molecule has 0 saturated carbocycles. The van der Waals surface area contributed by atoms with Gasteiger partial charge < -0.3 is 5.11 Å². The summed E-state index contributed by atoms with van der Waals surface area (Å²) >= 11 is 2.91. The third-order valence-electron chi connectivity index (χ3n) is 2.01. The third kappa shape index (κ3) is 1.61. The molecule has 4 nitrogen and oxygen atoms in total. The van der Waals surface area contributed by atoms with Crippen LogP contribution in [-0.2, 0) is 6.61 Å². The zero-order chi connectivity index (χ0) is 11.9. The minimum absolute atomic E-state index is 0.00973. The highest BCUT2D eigenvalue weighted by Crippen LogP contribution is 2.14. The second-order valence-electron chi connectivity index (χ2n) is 3.04. The Hall–Kier alpha value is -1.34. The second kappa shape index (κ2) is 3.91. The number of rotatable bonds is 1. The van der Waals surface area contributed by atoms with Crippen molar-refractivity contribution in [2.24, 2.45) is 0 Å². The maximum absolute atomic E-state index is 13.3. The average Bonchev–Trinajstić information content (AvgIpc) is 2.24. The van der Waals surface area contributed by atoms with Gasteiger partial charge in [-0.05, 0) is 15.9 Å². The van der Waals surface area contributed by atoms with E-state index in [2.05, 4.69) is 20.9 Å². The van der Waals surface area contributed by atoms with E-state index in [9.17, 15) is 13.6 Å². The van der Waals surface area contributed by atoms with Crippen LogP contribution in [0.3, 0.4) is 0 Å². The number of pyridine rings is 1. The fraction of sp³-hybridized carbons (Fsp3) is 0.111. The molecule has 0 bridgehead atoms. The van der Waals surface area contributed by atoms with E-state index >= 15 is 0 Å². The number of halogens is 3. The fourth-order valence-electron chi connectivity index (χ4n) is 1.30. The van der Waals surface area contributed by atoms with E-state index < -0.39 is 23.8 Å². The Morgan fingerprint density at radius 1 is 1.50 bits per heavy atom. The van der Waals surface area contributed by atoms with Crippen molar-refractivity contribution in [3.05, 3.63) is 44.4 Å². The number of hydrogen-bond donors (Lipinski definition) is 1. The van der Waals surface area contributed by atoms with Crippen molar-refractivity contribution in [1.82, 2.24) is 9.38 Å². The summed E-state index contributed by atoms with van der Waals surface area (Å²) < 4.78 is 26.9. The number of hydrogen-bond acceptors (Lipinski definition) is 3. The number of aromatic nitrogens is 2. The van der Waals surface area contributed by atoms with Crippen LogP contribution < -0.4 is 5.56 Å². The standard InChI is InChI=1S/C9H5BrF2N2O2/c10-7-6(3-15)13-8-5(12)1-4(11)2-14(8)9(7)16/h1-2,15H,3H2. The van der Waals surface area contributed by atoms with Gasteiger partial charge in [0.1, 0.15) is 10.3 Å². The molecule has 0 atom stereocenters. The summed E-state index contributed by atoms with van der Waals surface area (Å²) in [7, 11) is 0. The third-order valence-corrected chi connectivity index (χ3v) is 2.81. The summed E-state index contributed by atoms with van der Waals surface area (Å²) in [6.45, 7) is -0.511. The normalized spacial score (nSPS) is 11.0. The highest BCUT2D eigenvalue weighted by molar-refractivity contribution is 9.10. The van der Waals surface area contributed by atoms with Gasteiger partial charge in [-0.3, -0.25) is 9.20 Å². The Bertz CT molecular complexity index is 627. The zero-order valence-corrected chi connectivity index (χ0v) is 9.33. The minimum atomic E-state index is -0.959. The van der Waals surface area contributed by atoms with E-state index in [-0.39, 0.29) is 15.8 Å². The SMILES string of the molecule is O=c1c(Br)c(CO)nc2c(F)cc(F)cn12. The quantitative estimate of drug-likeness (QED) is 0.859. The molecule has 0 unspecified atom stereocenters. The Balaban J connectivity index is 2.99. The molecule has 84 valence electrons. The van der Waals surface area contributed by atoms with Crippen molar-refractivity contribution < 1.29 is 13.9 Å². The molecule has 0 amide bonds. The van der Waals surface area contributed by atoms with Gasteiger partial charge in [-0.1, -0.05) is 0 Å². The Kier molecular flexibility index (Phi) is 2.73. The van der Waals surface area contributed by atoms with Gasteiger partial charge in [0.15, 0.2) is 11.5 Å². The molecule has 0 spiro atoms. The van der Waals surface area contributed by atoms with E-state index in [0.29, 0.717) is 6.07 Å². The second-order valence-corrected chi connectivity index (χ2v) is 3.83. The summed E-state index contributed by atoms with van der Waals surface area (Å²) in [4.78, 5) is 15.4. The van der Waals surface area contributed by atoms with E-state index in [1.54, 1.807) is 0 Å². The fourth-order valence-corrected chi connectivity index (χ4v) is 1.70. The highest BCUT2D eigenvalue weighted by Gasteiger charge is 2.13. The van der Waals surface area contributed by atoms with Crippen molar-refractivity contribution in [1.29, 1.82) is 0 Å². The molecule has 0 radical (unpaired) electrons. The number of fused-ring (bicyclic) bond motifs is 1. The first-order valence-corrected chi connectivity index (χ1v) is 5.00. The van der Waals surface area contributed by atoms with Gasteiger partial charge in [-0.2, -0.15) is 0 Å². The Labute approximate surface area is 96.3 Å². The zero-order valence-electron chi connectivity index (χ0n) is 7.75. The summed E-state index contributed by atoms with van der Waals surface area (Å²) in [5.41, 5.74) is -0.985. The van der Waals surface area contributed by atoms with Crippen LogP contribution in [0.5, 0.6) is 0 Å². The molecular weight excluding hydrogens is 286 g/mol. The van der Waals surface area contributed by atoms with Crippen LogP contribution in [-0.4, -0.2) is 14.5 Å². The summed E-state index contributed by atoms with van der Waals surface area (Å²) in [6, 6.07) is 0.622. The van der Waals surface area contributed by atoms with Crippen LogP contribution in [0.1, 0.15) is 5.69 Å². The van der Waals surface area contributed by atoms with Crippen LogP contribution in [0.2, 0.25) is 0 Å². The summed E-state index contributed by atoms with van der Waals surface area (Å²) in [5, 5.41) is 8.91. The molecule has 1 N–H and O–H groups in total. The monoisotopic (exact) mass is 290 g/mol. The minimum Gasteiger partial charge on any atom is -0.390 e. The lowest BCUT2D eigenvalue weighted by Gasteiger charge is -2.05. The average molecular weight is 291 g/mol. The van der Waals surface area contributed by atoms with Gasteiger partial charge in [0, 0.05) is 6.07 Å². The molecule has 16 heavy (non-hydrogen) atoms. The molecule has 2 heterocycles. The predicted molar refractivity (Wildman–Crippen MR) is 55.0 cm³/mol. The first-order chi connectivity index (χ1) is 7.54. The van der Waals surface area contributed by atoms with Gasteiger partial charge in [0.05, 0.1) is 18.5 Å². The molecule has 2 aromatic rings. The van der Waals surface area contributed by atoms with Gasteiger partial charge in [-0.15, -0.1) is 0 Å². The molecule has 2 aromatic heterocycles. The molecule has 2 rings (SSSR count). The Morgan fingerprint density at radius 3 is 2.81 bits per heavy atom. The Morgan fingerprint density at radius 2 is 2.19 bits per heavy atom.